The molecular weight excluding hydrogens is 362 g/mol. The Bertz CT molecular complexity index is 544. The maximum atomic E-state index is 12.3. The molecule has 1 N–H and O–H groups in total. The minimum atomic E-state index is -0.399. The molecule has 6 nitrogen and oxygen atoms in total. The van der Waals surface area contributed by atoms with Crippen LogP contribution in [-0.2, 0) is 14.3 Å². The number of nitrogens with zero attached hydrogens (tertiary/aromatic N) is 2. The van der Waals surface area contributed by atoms with Gasteiger partial charge in [0, 0.05) is 23.2 Å². The molecule has 1 aliphatic heterocycles. The molecule has 1 heterocycles. The summed E-state index contributed by atoms with van der Waals surface area (Å²) in [4.78, 5) is 28.0. The van der Waals surface area contributed by atoms with Gasteiger partial charge in [0.15, 0.2) is 0 Å². The number of halogens is 1. The van der Waals surface area contributed by atoms with Crippen molar-refractivity contribution >= 4 is 33.4 Å². The topological polar surface area (TPSA) is 61.9 Å². The van der Waals surface area contributed by atoms with Crippen LogP contribution in [0.15, 0.2) is 28.7 Å². The normalized spacial score (nSPS) is 16.3. The van der Waals surface area contributed by atoms with Crippen LogP contribution in [0.3, 0.4) is 0 Å². The lowest BCUT2D eigenvalue weighted by Gasteiger charge is -2.30. The quantitative estimate of drug-likeness (QED) is 0.837. The molecule has 2 amide bonds. The van der Waals surface area contributed by atoms with E-state index in [-0.39, 0.29) is 18.4 Å². The number of hydrogen-bond donors (Lipinski definition) is 1. The molecule has 2 rings (SSSR count). The third-order valence-electron chi connectivity index (χ3n) is 3.90. The highest BCUT2D eigenvalue weighted by molar-refractivity contribution is 9.10. The highest BCUT2D eigenvalue weighted by Gasteiger charge is 2.23. The molecule has 1 saturated heterocycles. The van der Waals surface area contributed by atoms with Crippen LogP contribution in [-0.4, -0.2) is 67.6 Å². The molecule has 1 atom stereocenters. The second-order valence-corrected chi connectivity index (χ2v) is 6.50. The Labute approximate surface area is 144 Å². The van der Waals surface area contributed by atoms with Gasteiger partial charge in [0.1, 0.15) is 0 Å². The van der Waals surface area contributed by atoms with Gasteiger partial charge >= 0.3 is 0 Å². The third-order valence-corrected chi connectivity index (χ3v) is 4.43. The van der Waals surface area contributed by atoms with Crippen LogP contribution in [0, 0.1) is 0 Å². The Morgan fingerprint density at radius 2 is 1.91 bits per heavy atom. The molecule has 1 aromatic rings. The molecular formula is C16H22BrN3O3. The minimum Gasteiger partial charge on any atom is -0.378 e. The molecule has 0 bridgehead atoms. The standard InChI is InChI=1S/C16H22BrN3O3/c1-12(16(22)18-14-5-3-13(17)4-6-14)19(2)11-15(21)20-7-9-23-10-8-20/h3-6,12H,7-11H2,1-2H3,(H,18,22). The van der Waals surface area contributed by atoms with Crippen LogP contribution in [0.1, 0.15) is 6.92 Å². The average molecular weight is 384 g/mol. The van der Waals surface area contributed by atoms with E-state index in [1.165, 1.54) is 0 Å². The summed E-state index contributed by atoms with van der Waals surface area (Å²) in [6, 6.07) is 6.99. The van der Waals surface area contributed by atoms with Gasteiger partial charge in [0.2, 0.25) is 11.8 Å². The Morgan fingerprint density at radius 1 is 1.30 bits per heavy atom. The van der Waals surface area contributed by atoms with E-state index in [0.717, 1.165) is 10.2 Å². The summed E-state index contributed by atoms with van der Waals surface area (Å²) < 4.78 is 6.20. The van der Waals surface area contributed by atoms with Crippen LogP contribution < -0.4 is 5.32 Å². The van der Waals surface area contributed by atoms with Gasteiger partial charge in [-0.05, 0) is 38.2 Å². The summed E-state index contributed by atoms with van der Waals surface area (Å²) in [5, 5.41) is 2.86. The molecule has 1 fully saturated rings. The summed E-state index contributed by atoms with van der Waals surface area (Å²) in [5.74, 6) is -0.108. The Morgan fingerprint density at radius 3 is 2.52 bits per heavy atom. The lowest BCUT2D eigenvalue weighted by molar-refractivity contribution is -0.137. The van der Waals surface area contributed by atoms with Gasteiger partial charge in [-0.3, -0.25) is 14.5 Å². The van der Waals surface area contributed by atoms with Crippen molar-refractivity contribution in [2.24, 2.45) is 0 Å². The van der Waals surface area contributed by atoms with E-state index in [9.17, 15) is 9.59 Å². The number of carbonyl (C=O) groups excluding carboxylic acids is 2. The predicted molar refractivity (Wildman–Crippen MR) is 92.3 cm³/mol. The molecule has 0 aliphatic carbocycles. The van der Waals surface area contributed by atoms with Gasteiger partial charge in [0.25, 0.3) is 0 Å². The molecule has 0 radical (unpaired) electrons. The van der Waals surface area contributed by atoms with Gasteiger partial charge in [-0.25, -0.2) is 0 Å². The van der Waals surface area contributed by atoms with Crippen molar-refractivity contribution in [1.82, 2.24) is 9.80 Å². The summed E-state index contributed by atoms with van der Waals surface area (Å²) in [5.41, 5.74) is 0.734. The zero-order valence-electron chi connectivity index (χ0n) is 13.4. The van der Waals surface area contributed by atoms with E-state index in [2.05, 4.69) is 21.2 Å². The molecule has 0 spiro atoms. The smallest absolute Gasteiger partial charge is 0.241 e. The molecule has 7 heteroatoms. The lowest BCUT2D eigenvalue weighted by Crippen LogP contribution is -2.48. The predicted octanol–water partition coefficient (Wildman–Crippen LogP) is 1.57. The number of likely N-dealkylation sites (N-methyl/N-ethyl adjacent to an activating group) is 1. The largest absolute Gasteiger partial charge is 0.378 e. The van der Waals surface area contributed by atoms with Gasteiger partial charge in [-0.2, -0.15) is 0 Å². The fourth-order valence-electron chi connectivity index (χ4n) is 2.24. The number of nitrogens with one attached hydrogen (secondary N) is 1. The van der Waals surface area contributed by atoms with Crippen molar-refractivity contribution in [2.45, 2.75) is 13.0 Å². The highest BCUT2D eigenvalue weighted by atomic mass is 79.9. The van der Waals surface area contributed by atoms with E-state index in [0.29, 0.717) is 26.3 Å². The van der Waals surface area contributed by atoms with Gasteiger partial charge in [-0.1, -0.05) is 15.9 Å². The van der Waals surface area contributed by atoms with Crippen molar-refractivity contribution < 1.29 is 14.3 Å². The Hall–Kier alpha value is -1.44. The average Bonchev–Trinajstić information content (AvgIpc) is 2.56. The number of hydrogen-bond acceptors (Lipinski definition) is 4. The molecule has 0 aromatic heterocycles. The summed E-state index contributed by atoms with van der Waals surface area (Å²) in [6.45, 7) is 4.40. The van der Waals surface area contributed by atoms with Crippen molar-refractivity contribution in [3.63, 3.8) is 0 Å². The van der Waals surface area contributed by atoms with Crippen LogP contribution in [0.25, 0.3) is 0 Å². The Balaban J connectivity index is 1.85. The second kappa shape index (κ2) is 8.42. The molecule has 1 aromatic carbocycles. The molecule has 1 unspecified atom stereocenters. The van der Waals surface area contributed by atoms with Crippen molar-refractivity contribution in [3.05, 3.63) is 28.7 Å². The molecule has 1 aliphatic rings. The highest BCUT2D eigenvalue weighted by Crippen LogP contribution is 2.14. The van der Waals surface area contributed by atoms with Crippen LogP contribution in [0.5, 0.6) is 0 Å². The maximum absolute atomic E-state index is 12.3. The first-order valence-electron chi connectivity index (χ1n) is 7.59. The van der Waals surface area contributed by atoms with Crippen molar-refractivity contribution in [3.8, 4) is 0 Å². The zero-order chi connectivity index (χ0) is 16.8. The SMILES string of the molecule is CC(C(=O)Nc1ccc(Br)cc1)N(C)CC(=O)N1CCOCC1. The van der Waals surface area contributed by atoms with Crippen LogP contribution >= 0.6 is 15.9 Å². The summed E-state index contributed by atoms with van der Waals surface area (Å²) in [7, 11) is 1.78. The van der Waals surface area contributed by atoms with E-state index < -0.39 is 6.04 Å². The van der Waals surface area contributed by atoms with Crippen molar-refractivity contribution in [1.29, 1.82) is 0 Å². The number of carbonyl (C=O) groups is 2. The fourth-order valence-corrected chi connectivity index (χ4v) is 2.51. The summed E-state index contributed by atoms with van der Waals surface area (Å²) >= 11 is 3.36. The lowest BCUT2D eigenvalue weighted by atomic mass is 10.2. The first kappa shape index (κ1) is 17.9. The van der Waals surface area contributed by atoms with Gasteiger partial charge in [-0.15, -0.1) is 0 Å². The third kappa shape index (κ3) is 5.30. The van der Waals surface area contributed by atoms with E-state index in [4.69, 9.17) is 4.74 Å². The van der Waals surface area contributed by atoms with Crippen LogP contribution in [0.2, 0.25) is 0 Å². The zero-order valence-corrected chi connectivity index (χ0v) is 15.0. The monoisotopic (exact) mass is 383 g/mol. The number of ether oxygens (including phenoxy) is 1. The van der Waals surface area contributed by atoms with Crippen LogP contribution in [0.4, 0.5) is 5.69 Å². The number of benzene rings is 1. The van der Waals surface area contributed by atoms with E-state index in [1.807, 2.05) is 24.3 Å². The minimum absolute atomic E-state index is 0.0269. The maximum Gasteiger partial charge on any atom is 0.241 e. The number of rotatable bonds is 5. The first-order valence-corrected chi connectivity index (χ1v) is 8.39. The van der Waals surface area contributed by atoms with Gasteiger partial charge in [0.05, 0.1) is 25.8 Å². The Kier molecular flexibility index (Phi) is 6.56. The summed E-state index contributed by atoms with van der Waals surface area (Å²) in [6.07, 6.45) is 0. The molecule has 126 valence electrons. The molecule has 0 saturated carbocycles. The van der Waals surface area contributed by atoms with E-state index >= 15 is 0 Å². The second-order valence-electron chi connectivity index (χ2n) is 5.58. The van der Waals surface area contributed by atoms with E-state index in [1.54, 1.807) is 23.8 Å². The fraction of sp³-hybridized carbons (Fsp3) is 0.500. The first-order chi connectivity index (χ1) is 11.0. The van der Waals surface area contributed by atoms with Gasteiger partial charge < -0.3 is 15.0 Å². The number of anilines is 1. The number of morpholine rings is 1. The molecule has 23 heavy (non-hydrogen) atoms. The van der Waals surface area contributed by atoms with Crippen molar-refractivity contribution in [2.75, 3.05) is 45.2 Å². The number of amides is 2.